The van der Waals surface area contributed by atoms with E-state index in [1.54, 1.807) is 12.1 Å². The van der Waals surface area contributed by atoms with Gasteiger partial charge in [-0.25, -0.2) is 4.79 Å². The summed E-state index contributed by atoms with van der Waals surface area (Å²) in [4.78, 5) is 36.1. The maximum atomic E-state index is 13.0. The molecule has 1 amide bonds. The number of fused-ring (bicyclic) bond motifs is 2. The zero-order valence-electron chi connectivity index (χ0n) is 16.4. The van der Waals surface area contributed by atoms with Gasteiger partial charge in [-0.1, -0.05) is 20.8 Å². The van der Waals surface area contributed by atoms with E-state index < -0.39 is 36.4 Å². The lowest BCUT2D eigenvalue weighted by Crippen LogP contribution is -2.48. The lowest BCUT2D eigenvalue weighted by atomic mass is 9.70. The summed E-state index contributed by atoms with van der Waals surface area (Å²) in [5.41, 5.74) is 5.39. The van der Waals surface area contributed by atoms with Crippen molar-refractivity contribution in [3.63, 3.8) is 0 Å². The van der Waals surface area contributed by atoms with Gasteiger partial charge in [-0.3, -0.25) is 9.59 Å². The van der Waals surface area contributed by atoms with Gasteiger partial charge in [0.1, 0.15) is 11.9 Å². The Balaban J connectivity index is 1.77. The molecule has 8 heteroatoms. The van der Waals surface area contributed by atoms with E-state index in [1.165, 1.54) is 6.26 Å². The number of amides is 1. The minimum atomic E-state index is -1.28. The van der Waals surface area contributed by atoms with Crippen LogP contribution in [0.5, 0.6) is 0 Å². The standard InChI is InChI=1S/C20H28N2O6/c1-19(2)11-6-7-20(3,10-11)18(19)28-17(26)15(13-5-4-8-27-13)22-16(25)12(21)9-14(23)24/h4-5,8,11-12,15,18H,6-7,9-10,21H2,1-3H3,(H,22,25)(H,23,24)/t11-,12+,15?,18+,20+/m1/s1. The Kier molecular flexibility index (Phi) is 5.27. The van der Waals surface area contributed by atoms with E-state index in [0.717, 1.165) is 19.3 Å². The summed E-state index contributed by atoms with van der Waals surface area (Å²) in [6, 6.07) is 0.699. The number of nitrogens with two attached hydrogens (primary N) is 1. The number of aliphatic carboxylic acids is 1. The van der Waals surface area contributed by atoms with Gasteiger partial charge >= 0.3 is 11.9 Å². The Morgan fingerprint density at radius 3 is 2.64 bits per heavy atom. The van der Waals surface area contributed by atoms with E-state index in [1.807, 2.05) is 0 Å². The number of carboxylic acids is 1. The van der Waals surface area contributed by atoms with Crippen molar-refractivity contribution in [1.29, 1.82) is 0 Å². The smallest absolute Gasteiger partial charge is 0.336 e. The van der Waals surface area contributed by atoms with Gasteiger partial charge in [0.2, 0.25) is 5.91 Å². The highest BCUT2D eigenvalue weighted by molar-refractivity contribution is 5.90. The van der Waals surface area contributed by atoms with Gasteiger partial charge in [-0.2, -0.15) is 0 Å². The van der Waals surface area contributed by atoms with Gasteiger partial charge in [0.25, 0.3) is 0 Å². The van der Waals surface area contributed by atoms with E-state index in [-0.39, 0.29) is 22.7 Å². The summed E-state index contributed by atoms with van der Waals surface area (Å²) in [6.07, 6.45) is 3.72. The summed E-state index contributed by atoms with van der Waals surface area (Å²) in [5.74, 6) is -1.86. The Labute approximate surface area is 163 Å². The first-order valence-corrected chi connectivity index (χ1v) is 9.56. The van der Waals surface area contributed by atoms with Gasteiger partial charge in [-0.15, -0.1) is 0 Å². The molecule has 154 valence electrons. The normalized spacial score (nSPS) is 29.9. The second-order valence-electron chi connectivity index (χ2n) is 8.89. The Hall–Kier alpha value is -2.35. The van der Waals surface area contributed by atoms with E-state index >= 15 is 0 Å². The quantitative estimate of drug-likeness (QED) is 0.605. The van der Waals surface area contributed by atoms with Crippen LogP contribution >= 0.6 is 0 Å². The topological polar surface area (TPSA) is 132 Å². The molecule has 1 aromatic heterocycles. The highest BCUT2D eigenvalue weighted by atomic mass is 16.5. The largest absolute Gasteiger partial charge is 0.481 e. The van der Waals surface area contributed by atoms with Gasteiger partial charge < -0.3 is 25.3 Å². The summed E-state index contributed by atoms with van der Waals surface area (Å²) < 4.78 is 11.2. The molecular formula is C20H28N2O6. The first-order chi connectivity index (χ1) is 13.0. The predicted molar refractivity (Wildman–Crippen MR) is 98.9 cm³/mol. The van der Waals surface area contributed by atoms with Gasteiger partial charge in [0.15, 0.2) is 6.04 Å². The van der Waals surface area contributed by atoms with Crippen LogP contribution < -0.4 is 11.1 Å². The van der Waals surface area contributed by atoms with Crippen LogP contribution in [-0.4, -0.2) is 35.1 Å². The molecule has 0 saturated heterocycles. The van der Waals surface area contributed by atoms with E-state index in [2.05, 4.69) is 26.1 Å². The van der Waals surface area contributed by atoms with Crippen LogP contribution in [0.25, 0.3) is 0 Å². The number of ether oxygens (including phenoxy) is 1. The predicted octanol–water partition coefficient (Wildman–Crippen LogP) is 2.00. The van der Waals surface area contributed by atoms with Gasteiger partial charge in [-0.05, 0) is 37.3 Å². The van der Waals surface area contributed by atoms with Crippen molar-refractivity contribution in [2.24, 2.45) is 22.5 Å². The number of carboxylic acid groups (broad SMARTS) is 1. The molecule has 2 fully saturated rings. The molecule has 2 aliphatic rings. The number of nitrogens with one attached hydrogen (secondary N) is 1. The van der Waals surface area contributed by atoms with Crippen LogP contribution in [0.15, 0.2) is 22.8 Å². The third kappa shape index (κ3) is 3.65. The summed E-state index contributed by atoms with van der Waals surface area (Å²) in [5, 5.41) is 11.3. The third-order valence-electron chi connectivity index (χ3n) is 6.45. The molecule has 3 rings (SSSR count). The molecule has 0 aliphatic heterocycles. The lowest BCUT2D eigenvalue weighted by molar-refractivity contribution is -0.168. The summed E-state index contributed by atoms with van der Waals surface area (Å²) in [7, 11) is 0. The number of carbonyl (C=O) groups excluding carboxylic acids is 2. The molecule has 8 nitrogen and oxygen atoms in total. The first kappa shape index (κ1) is 20.4. The maximum Gasteiger partial charge on any atom is 0.336 e. The van der Waals surface area contributed by atoms with Crippen LogP contribution in [0.2, 0.25) is 0 Å². The third-order valence-corrected chi connectivity index (χ3v) is 6.45. The minimum Gasteiger partial charge on any atom is -0.481 e. The Morgan fingerprint density at radius 2 is 2.11 bits per heavy atom. The van der Waals surface area contributed by atoms with Crippen molar-refractivity contribution in [3.05, 3.63) is 24.2 Å². The van der Waals surface area contributed by atoms with Gasteiger partial charge in [0, 0.05) is 10.8 Å². The fourth-order valence-electron chi connectivity index (χ4n) is 4.97. The molecule has 2 saturated carbocycles. The monoisotopic (exact) mass is 392 g/mol. The zero-order valence-corrected chi connectivity index (χ0v) is 16.4. The summed E-state index contributed by atoms with van der Waals surface area (Å²) in [6.45, 7) is 6.37. The van der Waals surface area contributed by atoms with Crippen molar-refractivity contribution in [2.45, 2.75) is 64.6 Å². The second kappa shape index (κ2) is 7.24. The number of esters is 1. The molecule has 1 heterocycles. The van der Waals surface area contributed by atoms with Crippen LogP contribution in [0.4, 0.5) is 0 Å². The molecule has 28 heavy (non-hydrogen) atoms. The Morgan fingerprint density at radius 1 is 1.39 bits per heavy atom. The van der Waals surface area contributed by atoms with Gasteiger partial charge in [0.05, 0.1) is 18.7 Å². The molecule has 0 aromatic carbocycles. The first-order valence-electron chi connectivity index (χ1n) is 9.56. The average Bonchev–Trinajstić information content (AvgIpc) is 3.29. The highest BCUT2D eigenvalue weighted by Crippen LogP contribution is 2.63. The molecule has 1 aromatic rings. The average molecular weight is 392 g/mol. The molecular weight excluding hydrogens is 364 g/mol. The number of hydrogen-bond acceptors (Lipinski definition) is 6. The molecule has 0 radical (unpaired) electrons. The van der Waals surface area contributed by atoms with Crippen LogP contribution in [-0.2, 0) is 19.1 Å². The highest BCUT2D eigenvalue weighted by Gasteiger charge is 2.61. The van der Waals surface area contributed by atoms with Crippen molar-refractivity contribution < 1.29 is 28.6 Å². The van der Waals surface area contributed by atoms with Crippen molar-refractivity contribution in [1.82, 2.24) is 5.32 Å². The number of carbonyl (C=O) groups is 3. The number of hydrogen-bond donors (Lipinski definition) is 3. The van der Waals surface area contributed by atoms with E-state index in [0.29, 0.717) is 5.92 Å². The van der Waals surface area contributed by atoms with Crippen molar-refractivity contribution in [3.8, 4) is 0 Å². The van der Waals surface area contributed by atoms with E-state index in [9.17, 15) is 14.4 Å². The van der Waals surface area contributed by atoms with Crippen LogP contribution in [0.3, 0.4) is 0 Å². The maximum absolute atomic E-state index is 13.0. The SMILES string of the molecule is CC1(C)[C@@H]2CC[C@@](C)(C2)[C@H]1OC(=O)C(NC(=O)[C@@H](N)CC(=O)O)c1ccco1. The van der Waals surface area contributed by atoms with Crippen molar-refractivity contribution >= 4 is 17.8 Å². The molecule has 1 unspecified atom stereocenters. The minimum absolute atomic E-state index is 0.0821. The van der Waals surface area contributed by atoms with E-state index in [4.69, 9.17) is 20.0 Å². The second-order valence-corrected chi connectivity index (χ2v) is 8.89. The molecule has 5 atom stereocenters. The fourth-order valence-corrected chi connectivity index (χ4v) is 4.97. The fraction of sp³-hybridized carbons (Fsp3) is 0.650. The lowest BCUT2D eigenvalue weighted by Gasteiger charge is -2.42. The number of furan rings is 1. The van der Waals surface area contributed by atoms with Crippen LogP contribution in [0.1, 0.15) is 58.3 Å². The number of rotatable bonds is 7. The van der Waals surface area contributed by atoms with Crippen molar-refractivity contribution in [2.75, 3.05) is 0 Å². The molecule has 2 aliphatic carbocycles. The summed E-state index contributed by atoms with van der Waals surface area (Å²) >= 11 is 0. The molecule has 0 spiro atoms. The molecule has 4 N–H and O–H groups in total. The Bertz CT molecular complexity index is 754. The zero-order chi connectivity index (χ0) is 20.7. The molecule has 2 bridgehead atoms. The van der Waals surface area contributed by atoms with Crippen LogP contribution in [0, 0.1) is 16.7 Å².